The highest BCUT2D eigenvalue weighted by Crippen LogP contribution is 2.19. The van der Waals surface area contributed by atoms with E-state index in [4.69, 9.17) is 0 Å². The van der Waals surface area contributed by atoms with E-state index in [9.17, 15) is 4.79 Å². The van der Waals surface area contributed by atoms with E-state index in [1.54, 1.807) is 10.3 Å². The van der Waals surface area contributed by atoms with Gasteiger partial charge in [0.25, 0.3) is 0 Å². The highest BCUT2D eigenvalue weighted by atomic mass is 127. The van der Waals surface area contributed by atoms with Gasteiger partial charge in [0.1, 0.15) is 5.82 Å². The van der Waals surface area contributed by atoms with Crippen molar-refractivity contribution in [1.82, 2.24) is 25.0 Å². The molecule has 0 saturated heterocycles. The third-order valence-electron chi connectivity index (χ3n) is 5.30. The lowest BCUT2D eigenvalue weighted by atomic mass is 9.97. The lowest BCUT2D eigenvalue weighted by Gasteiger charge is -2.15. The Hall–Kier alpha value is -1.32. The van der Waals surface area contributed by atoms with Crippen molar-refractivity contribution in [2.75, 3.05) is 19.6 Å². The average molecular weight is 502 g/mol. The number of nitrogens with one attached hydrogen (secondary N) is 2. The number of hydrogen-bond acceptors (Lipinski definition) is 3. The number of guanidine groups is 1. The standard InChI is InChI=1S/C20H34N6O.HI/c1-2-21-19(23-14-12-17-9-4-3-5-10-17)22-13-8-16-26-20(27)25-15-7-6-11-18(25)24-26;/h9H,2-8,10-16H2,1H3,(H2,21,22,23);1H. The smallest absolute Gasteiger partial charge is 0.345 e. The molecule has 2 N–H and O–H groups in total. The first-order valence-electron chi connectivity index (χ1n) is 10.6. The summed E-state index contributed by atoms with van der Waals surface area (Å²) in [4.78, 5) is 17.0. The Morgan fingerprint density at radius 1 is 1.21 bits per heavy atom. The molecule has 2 aliphatic rings. The fourth-order valence-electron chi connectivity index (χ4n) is 3.82. The largest absolute Gasteiger partial charge is 0.357 e. The Labute approximate surface area is 185 Å². The predicted molar refractivity (Wildman–Crippen MR) is 125 cm³/mol. The zero-order valence-corrected chi connectivity index (χ0v) is 19.4. The van der Waals surface area contributed by atoms with Gasteiger partial charge in [0.2, 0.25) is 0 Å². The van der Waals surface area contributed by atoms with Gasteiger partial charge in [0.15, 0.2) is 5.96 Å². The topological polar surface area (TPSA) is 76.2 Å². The Morgan fingerprint density at radius 2 is 2.07 bits per heavy atom. The summed E-state index contributed by atoms with van der Waals surface area (Å²) in [5.41, 5.74) is 1.62. The summed E-state index contributed by atoms with van der Waals surface area (Å²) in [5, 5.41) is 11.2. The summed E-state index contributed by atoms with van der Waals surface area (Å²) in [6.45, 7) is 5.99. The highest BCUT2D eigenvalue weighted by Gasteiger charge is 2.16. The van der Waals surface area contributed by atoms with E-state index in [1.807, 2.05) is 4.57 Å². The number of aryl methyl sites for hydroxylation is 2. The van der Waals surface area contributed by atoms with Crippen LogP contribution in [0.1, 0.15) is 64.1 Å². The van der Waals surface area contributed by atoms with E-state index in [0.717, 1.165) is 63.5 Å². The molecule has 0 bridgehead atoms. The van der Waals surface area contributed by atoms with Crippen LogP contribution >= 0.6 is 24.0 Å². The number of allylic oxidation sites excluding steroid dienone is 1. The molecular formula is C20H35IN6O. The van der Waals surface area contributed by atoms with Crippen molar-refractivity contribution in [3.63, 3.8) is 0 Å². The van der Waals surface area contributed by atoms with Gasteiger partial charge in [-0.15, -0.1) is 24.0 Å². The minimum Gasteiger partial charge on any atom is -0.357 e. The number of rotatable bonds is 8. The predicted octanol–water partition coefficient (Wildman–Crippen LogP) is 2.83. The Balaban J connectivity index is 0.00000280. The lowest BCUT2D eigenvalue weighted by Crippen LogP contribution is -2.38. The number of nitrogens with zero attached hydrogens (tertiary/aromatic N) is 4. The number of halogens is 1. The van der Waals surface area contributed by atoms with Crippen LogP contribution in [0.15, 0.2) is 21.4 Å². The molecule has 0 unspecified atom stereocenters. The van der Waals surface area contributed by atoms with Crippen molar-refractivity contribution in [3.8, 4) is 0 Å². The summed E-state index contributed by atoms with van der Waals surface area (Å²) in [5.74, 6) is 1.81. The number of hydrogen-bond donors (Lipinski definition) is 2. The first-order valence-corrected chi connectivity index (χ1v) is 10.6. The number of aliphatic imine (C=N–C) groups is 1. The molecule has 1 aromatic heterocycles. The van der Waals surface area contributed by atoms with Crippen LogP contribution in [0.3, 0.4) is 0 Å². The van der Waals surface area contributed by atoms with Gasteiger partial charge in [-0.05, 0) is 58.3 Å². The fourth-order valence-corrected chi connectivity index (χ4v) is 3.82. The number of fused-ring (bicyclic) bond motifs is 1. The maximum atomic E-state index is 12.3. The molecule has 7 nitrogen and oxygen atoms in total. The van der Waals surface area contributed by atoms with Gasteiger partial charge in [-0.3, -0.25) is 9.56 Å². The molecule has 0 saturated carbocycles. The van der Waals surface area contributed by atoms with Crippen LogP contribution in [0.5, 0.6) is 0 Å². The normalized spacial score (nSPS) is 16.8. The van der Waals surface area contributed by atoms with E-state index < -0.39 is 0 Å². The van der Waals surface area contributed by atoms with Crippen molar-refractivity contribution in [2.45, 2.75) is 77.8 Å². The molecule has 0 aromatic carbocycles. The first-order chi connectivity index (χ1) is 13.3. The third-order valence-corrected chi connectivity index (χ3v) is 5.30. The molecule has 8 heteroatoms. The first kappa shape index (κ1) is 23.0. The fraction of sp³-hybridized carbons (Fsp3) is 0.750. The van der Waals surface area contributed by atoms with Crippen LogP contribution in [0.4, 0.5) is 0 Å². The van der Waals surface area contributed by atoms with E-state index in [2.05, 4.69) is 33.7 Å². The molecule has 1 aromatic rings. The molecule has 0 fully saturated rings. The van der Waals surface area contributed by atoms with Gasteiger partial charge in [0, 0.05) is 39.1 Å². The van der Waals surface area contributed by atoms with Crippen LogP contribution in [-0.2, 0) is 19.5 Å². The Morgan fingerprint density at radius 3 is 2.82 bits per heavy atom. The minimum absolute atomic E-state index is 0. The summed E-state index contributed by atoms with van der Waals surface area (Å²) in [6.07, 6.45) is 12.6. The van der Waals surface area contributed by atoms with Crippen molar-refractivity contribution < 1.29 is 0 Å². The SMILES string of the molecule is CCNC(=NCCCn1nc2n(c1=O)CCCC2)NCCC1=CCCCC1.I. The summed E-state index contributed by atoms with van der Waals surface area (Å²) in [6, 6.07) is 0. The molecule has 1 aliphatic heterocycles. The second kappa shape index (κ2) is 12.3. The molecule has 0 radical (unpaired) electrons. The van der Waals surface area contributed by atoms with Crippen LogP contribution < -0.4 is 16.3 Å². The third kappa shape index (κ3) is 6.63. The van der Waals surface area contributed by atoms with Crippen molar-refractivity contribution in [1.29, 1.82) is 0 Å². The zero-order chi connectivity index (χ0) is 18.9. The minimum atomic E-state index is 0. The van der Waals surface area contributed by atoms with Crippen LogP contribution in [0, 0.1) is 0 Å². The average Bonchev–Trinajstić information content (AvgIpc) is 3.02. The molecule has 158 valence electrons. The summed E-state index contributed by atoms with van der Waals surface area (Å²) < 4.78 is 3.45. The quantitative estimate of drug-likeness (QED) is 0.189. The maximum absolute atomic E-state index is 12.3. The second-order valence-electron chi connectivity index (χ2n) is 7.43. The van der Waals surface area contributed by atoms with Crippen LogP contribution in [-0.4, -0.2) is 39.9 Å². The molecule has 0 atom stereocenters. The molecule has 3 rings (SSSR count). The van der Waals surface area contributed by atoms with Crippen LogP contribution in [0.2, 0.25) is 0 Å². The van der Waals surface area contributed by atoms with Crippen molar-refractivity contribution in [2.24, 2.45) is 4.99 Å². The number of aromatic nitrogens is 3. The molecule has 0 amide bonds. The van der Waals surface area contributed by atoms with Gasteiger partial charge in [-0.2, -0.15) is 5.10 Å². The van der Waals surface area contributed by atoms with E-state index >= 15 is 0 Å². The molecule has 28 heavy (non-hydrogen) atoms. The van der Waals surface area contributed by atoms with Gasteiger partial charge in [-0.1, -0.05) is 11.6 Å². The van der Waals surface area contributed by atoms with Crippen LogP contribution in [0.25, 0.3) is 0 Å². The van der Waals surface area contributed by atoms with E-state index in [-0.39, 0.29) is 29.7 Å². The summed E-state index contributed by atoms with van der Waals surface area (Å²) in [7, 11) is 0. The molecule has 0 spiro atoms. The zero-order valence-electron chi connectivity index (χ0n) is 17.1. The maximum Gasteiger partial charge on any atom is 0.345 e. The van der Waals surface area contributed by atoms with Crippen molar-refractivity contribution in [3.05, 3.63) is 28.0 Å². The summed E-state index contributed by atoms with van der Waals surface area (Å²) >= 11 is 0. The van der Waals surface area contributed by atoms with E-state index in [0.29, 0.717) is 13.1 Å². The van der Waals surface area contributed by atoms with Crippen molar-refractivity contribution >= 4 is 29.9 Å². The molecule has 2 heterocycles. The molecule has 1 aliphatic carbocycles. The van der Waals surface area contributed by atoms with Gasteiger partial charge < -0.3 is 10.6 Å². The second-order valence-corrected chi connectivity index (χ2v) is 7.43. The van der Waals surface area contributed by atoms with Gasteiger partial charge >= 0.3 is 5.69 Å². The Kier molecular flexibility index (Phi) is 10.1. The highest BCUT2D eigenvalue weighted by molar-refractivity contribution is 14.0. The van der Waals surface area contributed by atoms with E-state index in [1.165, 1.54) is 25.7 Å². The molecular weight excluding hydrogens is 467 g/mol. The van der Waals surface area contributed by atoms with Gasteiger partial charge in [-0.25, -0.2) is 9.48 Å². The monoisotopic (exact) mass is 502 g/mol. The lowest BCUT2D eigenvalue weighted by molar-refractivity contribution is 0.509. The van der Waals surface area contributed by atoms with Gasteiger partial charge in [0.05, 0.1) is 0 Å². The Bertz CT molecular complexity index is 721.